The van der Waals surface area contributed by atoms with E-state index in [9.17, 15) is 19.5 Å². The quantitative estimate of drug-likeness (QED) is 0.466. The molecule has 0 aliphatic carbocycles. The number of hydrogen-bond donors (Lipinski definition) is 2. The van der Waals surface area contributed by atoms with Crippen molar-refractivity contribution in [1.82, 2.24) is 10.2 Å². The van der Waals surface area contributed by atoms with Crippen molar-refractivity contribution < 1.29 is 24.2 Å². The first-order valence-electron chi connectivity index (χ1n) is 11.7. The molecule has 7 nitrogen and oxygen atoms in total. The highest BCUT2D eigenvalue weighted by Gasteiger charge is 2.31. The van der Waals surface area contributed by atoms with Crippen LogP contribution < -0.4 is 5.32 Å². The summed E-state index contributed by atoms with van der Waals surface area (Å²) in [6.45, 7) is 0.701. The van der Waals surface area contributed by atoms with Crippen LogP contribution in [0.5, 0.6) is 0 Å². The fourth-order valence-corrected chi connectivity index (χ4v) is 5.16. The molecule has 2 aliphatic rings. The first kappa shape index (κ1) is 25.3. The molecule has 2 aliphatic heterocycles. The Kier molecular flexibility index (Phi) is 10.3. The molecule has 33 heavy (non-hydrogen) atoms. The number of aliphatic hydroxyl groups excluding tert-OH is 1. The average molecular weight is 475 g/mol. The van der Waals surface area contributed by atoms with Crippen LogP contribution in [0.15, 0.2) is 42.5 Å². The van der Waals surface area contributed by atoms with Crippen LogP contribution in [0.4, 0.5) is 0 Å². The Hall–Kier alpha value is -2.32. The maximum absolute atomic E-state index is 13.1. The molecule has 180 valence electrons. The summed E-state index contributed by atoms with van der Waals surface area (Å²) in [5, 5.41) is 12.6. The number of thioether (sulfide) groups is 1. The Morgan fingerprint density at radius 3 is 2.82 bits per heavy atom. The lowest BCUT2D eigenvalue weighted by atomic mass is 9.98. The summed E-state index contributed by atoms with van der Waals surface area (Å²) in [6.07, 6.45) is 6.80. The molecule has 0 bridgehead atoms. The Morgan fingerprint density at radius 2 is 2.03 bits per heavy atom. The van der Waals surface area contributed by atoms with Crippen LogP contribution in [0.3, 0.4) is 0 Å². The average Bonchev–Trinajstić information content (AvgIpc) is 3.30. The number of aliphatic hydroxyl groups is 1. The highest BCUT2D eigenvalue weighted by Crippen LogP contribution is 2.22. The molecular formula is C25H34N2O5S. The van der Waals surface area contributed by atoms with Gasteiger partial charge in [-0.1, -0.05) is 42.5 Å². The number of nitrogens with zero attached hydrogens (tertiary/aromatic N) is 1. The molecule has 0 spiro atoms. The zero-order chi connectivity index (χ0) is 23.5. The van der Waals surface area contributed by atoms with Crippen LogP contribution >= 0.6 is 11.8 Å². The topological polar surface area (TPSA) is 95.9 Å². The van der Waals surface area contributed by atoms with Gasteiger partial charge in [0.05, 0.1) is 24.6 Å². The predicted molar refractivity (Wildman–Crippen MR) is 128 cm³/mol. The van der Waals surface area contributed by atoms with E-state index in [1.54, 1.807) is 16.7 Å². The van der Waals surface area contributed by atoms with Gasteiger partial charge in [0.1, 0.15) is 6.61 Å². The lowest BCUT2D eigenvalue weighted by Gasteiger charge is -2.26. The van der Waals surface area contributed by atoms with Crippen LogP contribution in [0.1, 0.15) is 44.1 Å². The molecule has 0 saturated carbocycles. The molecule has 1 fully saturated rings. The summed E-state index contributed by atoms with van der Waals surface area (Å²) in [7, 11) is 0. The second kappa shape index (κ2) is 13.4. The van der Waals surface area contributed by atoms with E-state index in [2.05, 4.69) is 17.4 Å². The Bertz CT molecular complexity index is 816. The number of benzene rings is 1. The molecule has 1 aromatic rings. The van der Waals surface area contributed by atoms with Crippen molar-refractivity contribution >= 4 is 29.5 Å². The molecule has 0 radical (unpaired) electrons. The molecule has 2 heterocycles. The van der Waals surface area contributed by atoms with Gasteiger partial charge in [0.2, 0.25) is 11.8 Å². The van der Waals surface area contributed by atoms with Crippen LogP contribution in [-0.2, 0) is 24.9 Å². The molecule has 3 atom stereocenters. The van der Waals surface area contributed by atoms with Gasteiger partial charge in [-0.15, -0.1) is 0 Å². The van der Waals surface area contributed by atoms with Gasteiger partial charge in [0.25, 0.3) is 0 Å². The van der Waals surface area contributed by atoms with E-state index in [-0.39, 0.29) is 49.5 Å². The highest BCUT2D eigenvalue weighted by molar-refractivity contribution is 7.98. The molecule has 1 saturated heterocycles. The van der Waals surface area contributed by atoms with E-state index in [0.717, 1.165) is 18.6 Å². The number of nitrogens with one attached hydrogen (secondary N) is 1. The zero-order valence-electron chi connectivity index (χ0n) is 19.0. The molecular weight excluding hydrogens is 440 g/mol. The van der Waals surface area contributed by atoms with Crippen molar-refractivity contribution in [2.24, 2.45) is 5.92 Å². The van der Waals surface area contributed by atoms with Gasteiger partial charge in [-0.05, 0) is 31.2 Å². The second-order valence-corrected chi connectivity index (χ2v) is 9.63. The number of amides is 2. The third-order valence-corrected chi connectivity index (χ3v) is 7.20. The van der Waals surface area contributed by atoms with Gasteiger partial charge in [0, 0.05) is 30.9 Å². The molecule has 3 rings (SSSR count). The highest BCUT2D eigenvalue weighted by atomic mass is 32.2. The van der Waals surface area contributed by atoms with Gasteiger partial charge >= 0.3 is 5.97 Å². The van der Waals surface area contributed by atoms with Crippen LogP contribution in [0.25, 0.3) is 0 Å². The number of esters is 1. The van der Waals surface area contributed by atoms with Crippen molar-refractivity contribution in [3.63, 3.8) is 0 Å². The van der Waals surface area contributed by atoms with Crippen molar-refractivity contribution in [3.8, 4) is 0 Å². The third kappa shape index (κ3) is 8.19. The summed E-state index contributed by atoms with van der Waals surface area (Å²) in [4.78, 5) is 39.7. The monoisotopic (exact) mass is 474 g/mol. The predicted octanol–water partition coefficient (Wildman–Crippen LogP) is 2.68. The SMILES string of the molecule is O=C1CCC=CC[C@H](CC(=O)N2CCC[C@H]2CO)C(=O)N[C@@H](CSCc2ccccc2)CO1. The third-order valence-electron chi connectivity index (χ3n) is 6.02. The molecule has 2 N–H and O–H groups in total. The zero-order valence-corrected chi connectivity index (χ0v) is 19.8. The van der Waals surface area contributed by atoms with Gasteiger partial charge < -0.3 is 20.1 Å². The molecule has 0 unspecified atom stereocenters. The maximum Gasteiger partial charge on any atom is 0.306 e. The lowest BCUT2D eigenvalue weighted by molar-refractivity contribution is -0.145. The van der Waals surface area contributed by atoms with Crippen molar-refractivity contribution in [1.29, 1.82) is 0 Å². The number of ether oxygens (including phenoxy) is 1. The molecule has 2 amide bonds. The van der Waals surface area contributed by atoms with Crippen LogP contribution in [-0.4, -0.2) is 65.4 Å². The first-order valence-corrected chi connectivity index (χ1v) is 12.8. The summed E-state index contributed by atoms with van der Waals surface area (Å²) >= 11 is 1.67. The number of carbonyl (C=O) groups excluding carboxylic acids is 3. The van der Waals surface area contributed by atoms with E-state index in [4.69, 9.17) is 4.74 Å². The summed E-state index contributed by atoms with van der Waals surface area (Å²) in [6, 6.07) is 9.59. The van der Waals surface area contributed by atoms with Crippen molar-refractivity contribution in [3.05, 3.63) is 48.0 Å². The molecule has 1 aromatic carbocycles. The lowest BCUT2D eigenvalue weighted by Crippen LogP contribution is -2.45. The van der Waals surface area contributed by atoms with Crippen LogP contribution in [0.2, 0.25) is 0 Å². The Labute approximate surface area is 199 Å². The smallest absolute Gasteiger partial charge is 0.306 e. The number of carbonyl (C=O) groups is 3. The van der Waals surface area contributed by atoms with Crippen molar-refractivity contribution in [2.75, 3.05) is 25.5 Å². The normalized spacial score (nSPS) is 24.5. The minimum absolute atomic E-state index is 0.0470. The minimum Gasteiger partial charge on any atom is -0.463 e. The summed E-state index contributed by atoms with van der Waals surface area (Å²) in [5.41, 5.74) is 1.19. The second-order valence-electron chi connectivity index (χ2n) is 8.60. The Balaban J connectivity index is 1.63. The van der Waals surface area contributed by atoms with E-state index >= 15 is 0 Å². The standard InChI is InChI=1S/C25H34N2O5S/c28-15-22-11-7-13-27(22)23(29)14-20-10-5-2-6-12-24(30)32-16-21(26-25(20)31)18-33-17-19-8-3-1-4-9-19/h1-5,8-9,20-22,28H,6-7,10-18H2,(H,26,31)/t20-,21-,22+/m1/s1. The van der Waals surface area contributed by atoms with Gasteiger partial charge in [0.15, 0.2) is 0 Å². The fraction of sp³-hybridized carbons (Fsp3) is 0.560. The number of hydrogen-bond acceptors (Lipinski definition) is 6. The molecule has 8 heteroatoms. The van der Waals surface area contributed by atoms with Gasteiger partial charge in [-0.3, -0.25) is 14.4 Å². The van der Waals surface area contributed by atoms with Gasteiger partial charge in [-0.25, -0.2) is 0 Å². The van der Waals surface area contributed by atoms with E-state index in [1.165, 1.54) is 5.56 Å². The number of allylic oxidation sites excluding steroid dienone is 2. The fourth-order valence-electron chi connectivity index (χ4n) is 4.15. The summed E-state index contributed by atoms with van der Waals surface area (Å²) < 4.78 is 5.40. The largest absolute Gasteiger partial charge is 0.463 e. The number of cyclic esters (lactones) is 1. The number of rotatable bonds is 7. The maximum atomic E-state index is 13.1. The molecule has 0 aromatic heterocycles. The van der Waals surface area contributed by atoms with Gasteiger partial charge in [-0.2, -0.15) is 11.8 Å². The summed E-state index contributed by atoms with van der Waals surface area (Å²) in [5.74, 6) is 0.337. The minimum atomic E-state index is -0.495. The first-order chi connectivity index (χ1) is 16.1. The van der Waals surface area contributed by atoms with E-state index in [0.29, 0.717) is 31.6 Å². The van der Waals surface area contributed by atoms with E-state index < -0.39 is 5.92 Å². The van der Waals surface area contributed by atoms with Crippen molar-refractivity contribution in [2.45, 2.75) is 56.4 Å². The number of likely N-dealkylation sites (tertiary alicyclic amines) is 1. The van der Waals surface area contributed by atoms with Crippen LogP contribution in [0, 0.1) is 5.92 Å². The Morgan fingerprint density at radius 1 is 1.21 bits per heavy atom. The van der Waals surface area contributed by atoms with E-state index in [1.807, 2.05) is 30.4 Å².